The van der Waals surface area contributed by atoms with Crippen molar-refractivity contribution in [3.05, 3.63) is 11.6 Å². The largest absolute Gasteiger partial charge is 0.393 e. The lowest BCUT2D eigenvalue weighted by atomic mass is 9.44. The van der Waals surface area contributed by atoms with Gasteiger partial charge in [0.05, 0.1) is 18.8 Å². The van der Waals surface area contributed by atoms with E-state index >= 15 is 0 Å². The number of nitriles is 1. The minimum Gasteiger partial charge on any atom is -0.393 e. The fraction of sp³-hybridized carbons (Fsp3) is 0.857. The van der Waals surface area contributed by atoms with Gasteiger partial charge in [0.25, 0.3) is 0 Å². The standard InChI is InChI=1S/C21H31NO2/c1-20-9-8-19-17(18(20)6-4-15(20)12-22)5-3-14-11-16(23)7-10-21(14,19)13-24-2/h4,14,16-19,23H,3,5-11,13H2,1-2H3/t14-,16+,17?,18-,19-,20+,21?/m0/s1. The zero-order valence-electron chi connectivity index (χ0n) is 15.1. The average Bonchev–Trinajstić information content (AvgIpc) is 2.92. The van der Waals surface area contributed by atoms with Crippen LogP contribution in [0.25, 0.3) is 0 Å². The molecule has 0 spiro atoms. The second-order valence-electron chi connectivity index (χ2n) is 9.17. The summed E-state index contributed by atoms with van der Waals surface area (Å²) < 4.78 is 5.76. The normalized spacial score (nSPS) is 50.2. The van der Waals surface area contributed by atoms with E-state index in [4.69, 9.17) is 4.74 Å². The number of aliphatic hydroxyl groups is 1. The Balaban J connectivity index is 1.66. The second-order valence-corrected chi connectivity index (χ2v) is 9.17. The van der Waals surface area contributed by atoms with Gasteiger partial charge in [0.1, 0.15) is 0 Å². The number of aliphatic hydroxyl groups excluding tert-OH is 1. The van der Waals surface area contributed by atoms with Crippen molar-refractivity contribution < 1.29 is 9.84 Å². The van der Waals surface area contributed by atoms with Crippen LogP contribution in [0.4, 0.5) is 0 Å². The molecule has 7 atom stereocenters. The summed E-state index contributed by atoms with van der Waals surface area (Å²) in [7, 11) is 1.85. The Labute approximate surface area is 146 Å². The summed E-state index contributed by atoms with van der Waals surface area (Å²) in [6, 6.07) is 2.50. The van der Waals surface area contributed by atoms with Crippen molar-refractivity contribution in [2.24, 2.45) is 34.5 Å². The summed E-state index contributed by atoms with van der Waals surface area (Å²) in [6.07, 6.45) is 11.1. The van der Waals surface area contributed by atoms with Crippen LogP contribution in [0, 0.1) is 45.8 Å². The zero-order chi connectivity index (χ0) is 16.9. The highest BCUT2D eigenvalue weighted by molar-refractivity contribution is 5.35. The molecule has 0 heterocycles. The number of ether oxygens (including phenoxy) is 1. The maximum atomic E-state index is 10.2. The predicted molar refractivity (Wildman–Crippen MR) is 93.0 cm³/mol. The van der Waals surface area contributed by atoms with E-state index in [0.29, 0.717) is 17.8 Å². The van der Waals surface area contributed by atoms with Crippen molar-refractivity contribution in [1.29, 1.82) is 5.26 Å². The van der Waals surface area contributed by atoms with Gasteiger partial charge in [0.2, 0.25) is 0 Å². The highest BCUT2D eigenvalue weighted by Crippen LogP contribution is 2.66. The minimum atomic E-state index is -0.108. The quantitative estimate of drug-likeness (QED) is 0.830. The summed E-state index contributed by atoms with van der Waals surface area (Å²) in [6.45, 7) is 3.20. The maximum Gasteiger partial charge on any atom is 0.0949 e. The van der Waals surface area contributed by atoms with E-state index in [1.54, 1.807) is 0 Å². The summed E-state index contributed by atoms with van der Waals surface area (Å²) in [4.78, 5) is 0. The van der Waals surface area contributed by atoms with E-state index in [9.17, 15) is 10.4 Å². The van der Waals surface area contributed by atoms with Gasteiger partial charge in [0, 0.05) is 18.1 Å². The molecule has 3 heteroatoms. The third-order valence-corrected chi connectivity index (χ3v) is 8.45. The Morgan fingerprint density at radius 3 is 2.83 bits per heavy atom. The monoisotopic (exact) mass is 329 g/mol. The SMILES string of the molecule is COCC12CC[C@@H](O)C[C@@H]1CCC1[C@@H]2CC[C@]2(C)C(C#N)=CC[C@@H]12. The van der Waals surface area contributed by atoms with Gasteiger partial charge in [-0.05, 0) is 80.5 Å². The molecule has 0 aromatic rings. The van der Waals surface area contributed by atoms with Crippen molar-refractivity contribution in [2.75, 3.05) is 13.7 Å². The van der Waals surface area contributed by atoms with Crippen LogP contribution in [0.1, 0.15) is 58.3 Å². The van der Waals surface area contributed by atoms with Crippen molar-refractivity contribution in [3.63, 3.8) is 0 Å². The molecule has 3 nitrogen and oxygen atoms in total. The van der Waals surface area contributed by atoms with E-state index in [2.05, 4.69) is 19.1 Å². The Morgan fingerprint density at radius 2 is 2.08 bits per heavy atom. The second kappa shape index (κ2) is 5.85. The maximum absolute atomic E-state index is 10.2. The van der Waals surface area contributed by atoms with Crippen LogP contribution in [0.2, 0.25) is 0 Å². The van der Waals surface area contributed by atoms with Gasteiger partial charge >= 0.3 is 0 Å². The van der Waals surface area contributed by atoms with Gasteiger partial charge < -0.3 is 9.84 Å². The Bertz CT molecular complexity index is 579. The van der Waals surface area contributed by atoms with Crippen molar-refractivity contribution in [1.82, 2.24) is 0 Å². The molecule has 2 unspecified atom stereocenters. The molecule has 3 saturated carbocycles. The molecule has 0 bridgehead atoms. The molecular formula is C21H31NO2. The molecule has 1 N–H and O–H groups in total. The Morgan fingerprint density at radius 1 is 1.25 bits per heavy atom. The smallest absolute Gasteiger partial charge is 0.0949 e. The molecule has 4 aliphatic rings. The first kappa shape index (κ1) is 16.6. The Hall–Kier alpha value is -0.850. The number of methoxy groups -OCH3 is 1. The van der Waals surface area contributed by atoms with E-state index in [1.165, 1.54) is 19.3 Å². The van der Waals surface area contributed by atoms with E-state index in [-0.39, 0.29) is 16.9 Å². The molecule has 4 rings (SSSR count). The number of fused-ring (bicyclic) bond motifs is 5. The number of hydrogen-bond donors (Lipinski definition) is 1. The molecule has 0 aromatic heterocycles. The molecule has 4 aliphatic carbocycles. The summed E-state index contributed by atoms with van der Waals surface area (Å²) in [5.41, 5.74) is 1.44. The van der Waals surface area contributed by atoms with Crippen LogP contribution < -0.4 is 0 Å². The van der Waals surface area contributed by atoms with Gasteiger partial charge in [-0.15, -0.1) is 0 Å². The number of allylic oxidation sites excluding steroid dienone is 2. The number of rotatable bonds is 2. The van der Waals surface area contributed by atoms with Crippen LogP contribution in [0.3, 0.4) is 0 Å². The lowest BCUT2D eigenvalue weighted by Gasteiger charge is -2.61. The summed E-state index contributed by atoms with van der Waals surface area (Å²) in [5, 5.41) is 19.8. The molecule has 0 saturated heterocycles. The van der Waals surface area contributed by atoms with Crippen LogP contribution in [0.15, 0.2) is 11.6 Å². The molecule has 24 heavy (non-hydrogen) atoms. The van der Waals surface area contributed by atoms with E-state index in [0.717, 1.165) is 50.2 Å². The predicted octanol–water partition coefficient (Wildman–Crippen LogP) is 4.08. The van der Waals surface area contributed by atoms with E-state index in [1.807, 2.05) is 7.11 Å². The Kier molecular flexibility index (Phi) is 4.05. The van der Waals surface area contributed by atoms with Gasteiger partial charge in [-0.25, -0.2) is 0 Å². The summed E-state index contributed by atoms with van der Waals surface area (Å²) >= 11 is 0. The van der Waals surface area contributed by atoms with Crippen LogP contribution in [-0.2, 0) is 4.74 Å². The molecule has 0 radical (unpaired) electrons. The number of hydrogen-bond acceptors (Lipinski definition) is 3. The molecule has 0 aromatic carbocycles. The highest BCUT2D eigenvalue weighted by atomic mass is 16.5. The third kappa shape index (κ3) is 2.15. The van der Waals surface area contributed by atoms with Gasteiger partial charge in [-0.1, -0.05) is 13.0 Å². The van der Waals surface area contributed by atoms with Crippen molar-refractivity contribution in [3.8, 4) is 6.07 Å². The van der Waals surface area contributed by atoms with Crippen molar-refractivity contribution >= 4 is 0 Å². The van der Waals surface area contributed by atoms with Gasteiger partial charge in [-0.2, -0.15) is 5.26 Å². The lowest BCUT2D eigenvalue weighted by molar-refractivity contribution is -0.152. The molecular weight excluding hydrogens is 298 g/mol. The van der Waals surface area contributed by atoms with Crippen LogP contribution in [-0.4, -0.2) is 24.9 Å². The molecule has 0 amide bonds. The average molecular weight is 329 g/mol. The first-order valence-corrected chi connectivity index (χ1v) is 9.83. The van der Waals surface area contributed by atoms with E-state index < -0.39 is 0 Å². The first-order chi connectivity index (χ1) is 11.5. The zero-order valence-corrected chi connectivity index (χ0v) is 15.1. The van der Waals surface area contributed by atoms with Crippen LogP contribution in [0.5, 0.6) is 0 Å². The van der Waals surface area contributed by atoms with Crippen LogP contribution >= 0.6 is 0 Å². The first-order valence-electron chi connectivity index (χ1n) is 9.83. The minimum absolute atomic E-state index is 0.108. The topological polar surface area (TPSA) is 53.2 Å². The third-order valence-electron chi connectivity index (χ3n) is 8.45. The molecule has 0 aliphatic heterocycles. The molecule has 132 valence electrons. The summed E-state index contributed by atoms with van der Waals surface area (Å²) in [5.74, 6) is 2.71. The highest BCUT2D eigenvalue weighted by Gasteiger charge is 2.60. The van der Waals surface area contributed by atoms with Crippen molar-refractivity contribution in [2.45, 2.75) is 64.4 Å². The van der Waals surface area contributed by atoms with Gasteiger partial charge in [0.15, 0.2) is 0 Å². The fourth-order valence-electron chi connectivity index (χ4n) is 7.32. The molecule has 3 fully saturated rings. The number of nitrogens with zero attached hydrogens (tertiary/aromatic N) is 1. The van der Waals surface area contributed by atoms with Gasteiger partial charge in [-0.3, -0.25) is 0 Å². The lowest BCUT2D eigenvalue weighted by Crippen LogP contribution is -2.56. The fourth-order valence-corrected chi connectivity index (χ4v) is 7.32.